The van der Waals surface area contributed by atoms with Crippen molar-refractivity contribution in [2.45, 2.75) is 76.2 Å². The van der Waals surface area contributed by atoms with Crippen LogP contribution in [0.5, 0.6) is 0 Å². The summed E-state index contributed by atoms with van der Waals surface area (Å²) in [4.78, 5) is 4.72. The second-order valence-electron chi connectivity index (χ2n) is 6.34. The van der Waals surface area contributed by atoms with Crippen LogP contribution in [-0.2, 0) is 0 Å². The van der Waals surface area contributed by atoms with Gasteiger partial charge in [0.2, 0.25) is 0 Å². The molecule has 4 nitrogen and oxygen atoms in total. The molecule has 106 valence electrons. The second-order valence-corrected chi connectivity index (χ2v) is 6.34. The molecule has 3 N–H and O–H groups in total. The summed E-state index contributed by atoms with van der Waals surface area (Å²) in [7, 11) is 0. The summed E-state index contributed by atoms with van der Waals surface area (Å²) in [5, 5.41) is 7.56. The first-order chi connectivity index (χ1) is 9.34. The zero-order chi connectivity index (χ0) is 13.1. The number of H-pyrrole nitrogens is 1. The number of nitrogens with zero attached hydrogens (tertiary/aromatic N) is 2. The van der Waals surface area contributed by atoms with Gasteiger partial charge in [-0.1, -0.05) is 38.5 Å². The topological polar surface area (TPSA) is 67.6 Å². The van der Waals surface area contributed by atoms with Gasteiger partial charge < -0.3 is 5.73 Å². The van der Waals surface area contributed by atoms with Crippen molar-refractivity contribution in [2.24, 2.45) is 11.7 Å². The lowest BCUT2D eigenvalue weighted by atomic mass is 9.84. The highest BCUT2D eigenvalue weighted by Crippen LogP contribution is 2.34. The average molecular weight is 262 g/mol. The predicted octanol–water partition coefficient (Wildman–Crippen LogP) is 3.43. The molecule has 0 spiro atoms. The Bertz CT molecular complexity index is 389. The number of nitrogens with one attached hydrogen (secondary N) is 1. The van der Waals surface area contributed by atoms with E-state index in [2.05, 4.69) is 10.2 Å². The van der Waals surface area contributed by atoms with Crippen LogP contribution in [0.3, 0.4) is 0 Å². The molecule has 2 aliphatic carbocycles. The van der Waals surface area contributed by atoms with Crippen LogP contribution >= 0.6 is 0 Å². The van der Waals surface area contributed by atoms with Crippen LogP contribution in [0.15, 0.2) is 0 Å². The van der Waals surface area contributed by atoms with Gasteiger partial charge in [0.05, 0.1) is 6.04 Å². The fourth-order valence-corrected chi connectivity index (χ4v) is 3.70. The van der Waals surface area contributed by atoms with Crippen molar-refractivity contribution in [3.05, 3.63) is 11.6 Å². The van der Waals surface area contributed by atoms with Gasteiger partial charge in [-0.05, 0) is 31.6 Å². The van der Waals surface area contributed by atoms with E-state index in [9.17, 15) is 0 Å². The molecule has 0 amide bonds. The Morgan fingerprint density at radius 3 is 2.26 bits per heavy atom. The second kappa shape index (κ2) is 6.04. The van der Waals surface area contributed by atoms with Crippen molar-refractivity contribution in [3.8, 4) is 0 Å². The molecule has 0 saturated heterocycles. The predicted molar refractivity (Wildman–Crippen MR) is 75.7 cm³/mol. The molecule has 3 rings (SSSR count). The van der Waals surface area contributed by atoms with Crippen molar-refractivity contribution in [1.82, 2.24) is 15.2 Å². The Kier molecular flexibility index (Phi) is 4.16. The lowest BCUT2D eigenvalue weighted by Gasteiger charge is -2.25. The minimum atomic E-state index is 0.0360. The summed E-state index contributed by atoms with van der Waals surface area (Å²) in [6, 6.07) is 0.0360. The summed E-state index contributed by atoms with van der Waals surface area (Å²) in [5.41, 5.74) is 6.37. The molecule has 0 bridgehead atoms. The molecule has 2 fully saturated rings. The van der Waals surface area contributed by atoms with Gasteiger partial charge >= 0.3 is 0 Å². The van der Waals surface area contributed by atoms with Gasteiger partial charge in [-0.2, -0.15) is 5.10 Å². The zero-order valence-electron chi connectivity index (χ0n) is 11.8. The quantitative estimate of drug-likeness (QED) is 0.877. The molecular weight excluding hydrogens is 236 g/mol. The number of aromatic nitrogens is 3. The number of hydrogen-bond acceptors (Lipinski definition) is 3. The van der Waals surface area contributed by atoms with E-state index in [4.69, 9.17) is 10.7 Å². The van der Waals surface area contributed by atoms with Crippen LogP contribution in [0.4, 0.5) is 0 Å². The van der Waals surface area contributed by atoms with E-state index in [0.29, 0.717) is 11.8 Å². The molecule has 0 aromatic carbocycles. The van der Waals surface area contributed by atoms with Crippen LogP contribution in [-0.4, -0.2) is 15.2 Å². The molecule has 2 aliphatic rings. The lowest BCUT2D eigenvalue weighted by Crippen LogP contribution is -2.24. The molecule has 1 aromatic rings. The van der Waals surface area contributed by atoms with E-state index < -0.39 is 0 Å². The summed E-state index contributed by atoms with van der Waals surface area (Å²) < 4.78 is 0. The van der Waals surface area contributed by atoms with Crippen LogP contribution in [0.2, 0.25) is 0 Å². The van der Waals surface area contributed by atoms with Gasteiger partial charge in [-0.3, -0.25) is 5.10 Å². The highest BCUT2D eigenvalue weighted by atomic mass is 15.2. The molecule has 19 heavy (non-hydrogen) atoms. The maximum Gasteiger partial charge on any atom is 0.167 e. The first-order valence-electron chi connectivity index (χ1n) is 8.02. The van der Waals surface area contributed by atoms with Crippen molar-refractivity contribution < 1.29 is 0 Å². The van der Waals surface area contributed by atoms with Crippen molar-refractivity contribution >= 4 is 0 Å². The number of rotatable bonds is 3. The molecule has 2 saturated carbocycles. The van der Waals surface area contributed by atoms with E-state index >= 15 is 0 Å². The molecule has 1 heterocycles. The Morgan fingerprint density at radius 1 is 0.947 bits per heavy atom. The smallest absolute Gasteiger partial charge is 0.167 e. The molecule has 1 unspecified atom stereocenters. The van der Waals surface area contributed by atoms with E-state index in [-0.39, 0.29) is 6.04 Å². The average Bonchev–Trinajstić information content (AvgIpc) is 2.98. The maximum atomic E-state index is 6.37. The lowest BCUT2D eigenvalue weighted by molar-refractivity contribution is 0.301. The SMILES string of the molecule is NC(c1n[nH]c(C2CCCCC2)n1)C1CCCCC1. The van der Waals surface area contributed by atoms with Crippen LogP contribution in [0, 0.1) is 5.92 Å². The third kappa shape index (κ3) is 2.99. The van der Waals surface area contributed by atoms with E-state index in [1.165, 1.54) is 64.2 Å². The van der Waals surface area contributed by atoms with Crippen molar-refractivity contribution in [3.63, 3.8) is 0 Å². The van der Waals surface area contributed by atoms with Crippen LogP contribution < -0.4 is 5.73 Å². The Balaban J connectivity index is 1.65. The molecule has 0 radical (unpaired) electrons. The molecule has 0 aliphatic heterocycles. The molecular formula is C15H26N4. The maximum absolute atomic E-state index is 6.37. The fourth-order valence-electron chi connectivity index (χ4n) is 3.70. The first kappa shape index (κ1) is 13.1. The summed E-state index contributed by atoms with van der Waals surface area (Å²) >= 11 is 0. The van der Waals surface area contributed by atoms with Gasteiger partial charge in [0.15, 0.2) is 5.82 Å². The molecule has 4 heteroatoms. The minimum absolute atomic E-state index is 0.0360. The van der Waals surface area contributed by atoms with Crippen molar-refractivity contribution in [1.29, 1.82) is 0 Å². The molecule has 1 atom stereocenters. The van der Waals surface area contributed by atoms with Gasteiger partial charge in [0, 0.05) is 5.92 Å². The number of nitrogens with two attached hydrogens (primary N) is 1. The van der Waals surface area contributed by atoms with Crippen LogP contribution in [0.25, 0.3) is 0 Å². The number of hydrogen-bond donors (Lipinski definition) is 2. The normalized spacial score (nSPS) is 24.5. The van der Waals surface area contributed by atoms with E-state index in [1.54, 1.807) is 0 Å². The van der Waals surface area contributed by atoms with Gasteiger partial charge in [-0.25, -0.2) is 4.98 Å². The van der Waals surface area contributed by atoms with Gasteiger partial charge in [-0.15, -0.1) is 0 Å². The summed E-state index contributed by atoms with van der Waals surface area (Å²) in [6.07, 6.45) is 13.0. The Morgan fingerprint density at radius 2 is 1.58 bits per heavy atom. The number of aromatic amines is 1. The summed E-state index contributed by atoms with van der Waals surface area (Å²) in [6.45, 7) is 0. The highest BCUT2D eigenvalue weighted by Gasteiger charge is 2.26. The van der Waals surface area contributed by atoms with Crippen LogP contribution in [0.1, 0.15) is 87.8 Å². The largest absolute Gasteiger partial charge is 0.321 e. The minimum Gasteiger partial charge on any atom is -0.321 e. The first-order valence-corrected chi connectivity index (χ1v) is 8.02. The van der Waals surface area contributed by atoms with Gasteiger partial charge in [0.1, 0.15) is 5.82 Å². The van der Waals surface area contributed by atoms with Gasteiger partial charge in [0.25, 0.3) is 0 Å². The molecule has 1 aromatic heterocycles. The standard InChI is InChI=1S/C15H26N4/c16-13(11-7-3-1-4-8-11)15-17-14(18-19-15)12-9-5-2-6-10-12/h11-13H,1-10,16H2,(H,17,18,19). The Hall–Kier alpha value is -0.900. The van der Waals surface area contributed by atoms with E-state index in [0.717, 1.165) is 11.6 Å². The summed E-state index contributed by atoms with van der Waals surface area (Å²) in [5.74, 6) is 3.12. The third-order valence-electron chi connectivity index (χ3n) is 4.97. The Labute approximate surface area is 115 Å². The fraction of sp³-hybridized carbons (Fsp3) is 0.867. The monoisotopic (exact) mass is 262 g/mol. The highest BCUT2D eigenvalue weighted by molar-refractivity contribution is 5.03. The zero-order valence-corrected chi connectivity index (χ0v) is 11.8. The van der Waals surface area contributed by atoms with E-state index in [1.807, 2.05) is 0 Å². The third-order valence-corrected chi connectivity index (χ3v) is 4.97. The van der Waals surface area contributed by atoms with Crippen molar-refractivity contribution in [2.75, 3.05) is 0 Å².